The van der Waals surface area contributed by atoms with E-state index in [0.717, 1.165) is 11.8 Å². The van der Waals surface area contributed by atoms with E-state index in [1.165, 1.54) is 6.08 Å². The summed E-state index contributed by atoms with van der Waals surface area (Å²) < 4.78 is 4.91. The van der Waals surface area contributed by atoms with Crippen molar-refractivity contribution >= 4 is 17.7 Å². The van der Waals surface area contributed by atoms with Crippen LogP contribution in [0.25, 0.3) is 0 Å². The van der Waals surface area contributed by atoms with Gasteiger partial charge < -0.3 is 14.9 Å². The Balaban J connectivity index is 0.000000236. The number of nitrogens with zero attached hydrogens (tertiary/aromatic N) is 1. The molecule has 25 heavy (non-hydrogen) atoms. The van der Waals surface area contributed by atoms with E-state index in [1.54, 1.807) is 31.4 Å². The molecule has 2 N–H and O–H groups in total. The number of carbonyl (C=O) groups is 2. The van der Waals surface area contributed by atoms with Gasteiger partial charge in [-0.15, -0.1) is 0 Å². The van der Waals surface area contributed by atoms with Crippen LogP contribution in [0.5, 0.6) is 5.75 Å². The van der Waals surface area contributed by atoms with E-state index in [2.05, 4.69) is 4.99 Å². The Bertz CT molecular complexity index is 783. The summed E-state index contributed by atoms with van der Waals surface area (Å²) in [5.41, 5.74) is -1.14. The Kier molecular flexibility index (Phi) is 5.68. The third-order valence-corrected chi connectivity index (χ3v) is 3.48. The molecule has 6 heteroatoms. The molecule has 0 bridgehead atoms. The minimum absolute atomic E-state index is 0.357. The second kappa shape index (κ2) is 7.92. The van der Waals surface area contributed by atoms with Crippen molar-refractivity contribution in [3.63, 3.8) is 0 Å². The zero-order valence-corrected chi connectivity index (χ0v) is 13.5. The highest BCUT2D eigenvalue weighted by Gasteiger charge is 2.47. The molecule has 0 spiro atoms. The number of hydrogen-bond acceptors (Lipinski definition) is 4. The van der Waals surface area contributed by atoms with Gasteiger partial charge in [-0.3, -0.25) is 4.99 Å². The van der Waals surface area contributed by atoms with Crippen molar-refractivity contribution < 1.29 is 24.5 Å². The van der Waals surface area contributed by atoms with Crippen LogP contribution in [0.15, 0.2) is 77.8 Å². The first-order chi connectivity index (χ1) is 12.0. The van der Waals surface area contributed by atoms with E-state index >= 15 is 0 Å². The molecule has 0 amide bonds. The number of carboxylic acid groups (broad SMARTS) is 2. The number of methoxy groups -OCH3 is 1. The molecule has 6 nitrogen and oxygen atoms in total. The van der Waals surface area contributed by atoms with Crippen LogP contribution in [0.1, 0.15) is 5.56 Å². The van der Waals surface area contributed by atoms with Gasteiger partial charge >= 0.3 is 11.9 Å². The molecule has 1 heterocycles. The molecular weight excluding hydrogens is 322 g/mol. The summed E-state index contributed by atoms with van der Waals surface area (Å²) in [6.07, 6.45) is 2.50. The fourth-order valence-electron chi connectivity index (χ4n) is 2.12. The number of rotatable bonds is 4. The van der Waals surface area contributed by atoms with E-state index < -0.39 is 17.5 Å². The predicted molar refractivity (Wildman–Crippen MR) is 93.1 cm³/mol. The molecule has 128 valence electrons. The van der Waals surface area contributed by atoms with E-state index in [9.17, 15) is 9.59 Å². The van der Waals surface area contributed by atoms with E-state index in [0.29, 0.717) is 11.3 Å². The van der Waals surface area contributed by atoms with Crippen molar-refractivity contribution in [1.29, 1.82) is 0 Å². The fourth-order valence-corrected chi connectivity index (χ4v) is 2.12. The van der Waals surface area contributed by atoms with Crippen molar-refractivity contribution in [2.45, 2.75) is 5.54 Å². The first-order valence-electron chi connectivity index (χ1n) is 7.40. The average molecular weight is 339 g/mol. The summed E-state index contributed by atoms with van der Waals surface area (Å²) in [5.74, 6) is -2.08. The van der Waals surface area contributed by atoms with Gasteiger partial charge in [-0.25, -0.2) is 9.59 Å². The third kappa shape index (κ3) is 4.11. The van der Waals surface area contributed by atoms with Crippen LogP contribution in [0.2, 0.25) is 0 Å². The summed E-state index contributed by atoms with van der Waals surface area (Å²) in [5, 5.41) is 17.9. The van der Waals surface area contributed by atoms with Gasteiger partial charge in [0.1, 0.15) is 5.75 Å². The maximum Gasteiger partial charge on any atom is 0.347 e. The molecule has 3 rings (SSSR count). The number of para-hydroxylation sites is 1. The average Bonchev–Trinajstić information content (AvgIpc) is 3.11. The number of carboxylic acids is 2. The lowest BCUT2D eigenvalue weighted by atomic mass is 10.0. The molecule has 0 aromatic heterocycles. The maximum absolute atomic E-state index is 11.0. The standard InChI is InChI=1S/C12H9NO4.C7H8O/c14-10(15)12(11(16)17)7-6-9(13-12)8-4-2-1-3-5-8;1-8-7-5-3-2-4-6-7/h1-7H,(H,14,15)(H,16,17);2-6H,1H3. The van der Waals surface area contributed by atoms with Gasteiger partial charge in [0.25, 0.3) is 5.54 Å². The molecule has 0 saturated carbocycles. The van der Waals surface area contributed by atoms with Crippen LogP contribution in [0.4, 0.5) is 0 Å². The number of benzene rings is 2. The zero-order chi connectivity index (χ0) is 18.3. The van der Waals surface area contributed by atoms with Crippen LogP contribution in [-0.2, 0) is 9.59 Å². The first-order valence-corrected chi connectivity index (χ1v) is 7.40. The van der Waals surface area contributed by atoms with E-state index in [4.69, 9.17) is 14.9 Å². The van der Waals surface area contributed by atoms with E-state index in [1.807, 2.05) is 36.4 Å². The van der Waals surface area contributed by atoms with Gasteiger partial charge in [-0.1, -0.05) is 48.5 Å². The third-order valence-electron chi connectivity index (χ3n) is 3.48. The van der Waals surface area contributed by atoms with Crippen molar-refractivity contribution in [3.05, 3.63) is 78.4 Å². The molecule has 2 aromatic carbocycles. The van der Waals surface area contributed by atoms with Crippen molar-refractivity contribution in [2.24, 2.45) is 4.99 Å². The van der Waals surface area contributed by atoms with Crippen molar-refractivity contribution in [2.75, 3.05) is 7.11 Å². The molecule has 1 aliphatic rings. The number of aliphatic imine (C=N–C) groups is 1. The lowest BCUT2D eigenvalue weighted by Gasteiger charge is -2.12. The van der Waals surface area contributed by atoms with Crippen LogP contribution >= 0.6 is 0 Å². The van der Waals surface area contributed by atoms with Gasteiger partial charge in [0.05, 0.1) is 12.8 Å². The van der Waals surface area contributed by atoms with Crippen LogP contribution < -0.4 is 4.74 Å². The quantitative estimate of drug-likeness (QED) is 0.835. The molecule has 0 atom stereocenters. The summed E-state index contributed by atoms with van der Waals surface area (Å²) in [7, 11) is 1.66. The highest BCUT2D eigenvalue weighted by Crippen LogP contribution is 2.23. The molecule has 2 aromatic rings. The zero-order valence-electron chi connectivity index (χ0n) is 13.5. The topological polar surface area (TPSA) is 96.2 Å². The van der Waals surface area contributed by atoms with Gasteiger partial charge in [0.2, 0.25) is 0 Å². The molecule has 0 radical (unpaired) electrons. The Labute approximate surface area is 144 Å². The van der Waals surface area contributed by atoms with Crippen molar-refractivity contribution in [1.82, 2.24) is 0 Å². The Morgan fingerprint density at radius 2 is 1.44 bits per heavy atom. The lowest BCUT2D eigenvalue weighted by Crippen LogP contribution is -2.42. The van der Waals surface area contributed by atoms with Crippen LogP contribution in [0, 0.1) is 0 Å². The minimum Gasteiger partial charge on any atom is -0.497 e. The summed E-state index contributed by atoms with van der Waals surface area (Å²) >= 11 is 0. The largest absolute Gasteiger partial charge is 0.497 e. The van der Waals surface area contributed by atoms with Gasteiger partial charge in [-0.05, 0) is 29.8 Å². The molecule has 0 fully saturated rings. The van der Waals surface area contributed by atoms with Gasteiger partial charge in [-0.2, -0.15) is 0 Å². The van der Waals surface area contributed by atoms with Crippen LogP contribution in [0.3, 0.4) is 0 Å². The number of aliphatic carboxylic acids is 2. The number of hydrogen-bond donors (Lipinski definition) is 2. The SMILES string of the molecule is COc1ccccc1.O=C(O)C1(C(=O)O)C=CC(c2ccccc2)=N1. The van der Waals surface area contributed by atoms with E-state index in [-0.39, 0.29) is 0 Å². The Morgan fingerprint density at radius 3 is 1.84 bits per heavy atom. The van der Waals surface area contributed by atoms with Gasteiger partial charge in [0, 0.05) is 0 Å². The molecule has 0 aliphatic carbocycles. The van der Waals surface area contributed by atoms with Gasteiger partial charge in [0.15, 0.2) is 0 Å². The van der Waals surface area contributed by atoms with Crippen molar-refractivity contribution in [3.8, 4) is 5.75 Å². The highest BCUT2D eigenvalue weighted by atomic mass is 16.5. The molecule has 0 unspecified atom stereocenters. The smallest absolute Gasteiger partial charge is 0.347 e. The minimum atomic E-state index is -2.19. The Hall–Kier alpha value is -3.41. The second-order valence-electron chi connectivity index (χ2n) is 5.09. The maximum atomic E-state index is 11.0. The fraction of sp³-hybridized carbons (Fsp3) is 0.105. The first kappa shape index (κ1) is 17.9. The summed E-state index contributed by atoms with van der Waals surface area (Å²) in [6.45, 7) is 0. The summed E-state index contributed by atoms with van der Waals surface area (Å²) in [6, 6.07) is 18.5. The Morgan fingerprint density at radius 1 is 0.920 bits per heavy atom. The normalized spacial score (nSPS) is 14.0. The summed E-state index contributed by atoms with van der Waals surface area (Å²) in [4.78, 5) is 25.8. The monoisotopic (exact) mass is 339 g/mol. The molecule has 1 aliphatic heterocycles. The molecule has 0 saturated heterocycles. The molecular formula is C19H17NO5. The predicted octanol–water partition coefficient (Wildman–Crippen LogP) is 2.65. The number of allylic oxidation sites excluding steroid dienone is 1. The van der Waals surface area contributed by atoms with Crippen LogP contribution in [-0.4, -0.2) is 40.5 Å². The highest BCUT2D eigenvalue weighted by molar-refractivity contribution is 6.18. The second-order valence-corrected chi connectivity index (χ2v) is 5.09. The lowest BCUT2D eigenvalue weighted by molar-refractivity contribution is -0.153. The number of ether oxygens (including phenoxy) is 1.